The Morgan fingerprint density at radius 2 is 1.83 bits per heavy atom. The summed E-state index contributed by atoms with van der Waals surface area (Å²) in [7, 11) is 1.64. The van der Waals surface area contributed by atoms with E-state index in [4.69, 9.17) is 4.74 Å². The van der Waals surface area contributed by atoms with Crippen LogP contribution >= 0.6 is 0 Å². The molecule has 0 aliphatic carbocycles. The van der Waals surface area contributed by atoms with Crippen molar-refractivity contribution in [1.29, 1.82) is 0 Å². The quantitative estimate of drug-likeness (QED) is 0.655. The molecule has 0 spiro atoms. The standard InChI is InChI=1S/C24H32N2O3/c1-8-20-21(10-9-11-22(20)29-7)18(4)25-26(24(5,6)15-27)23(28)19-13-16(2)12-17(3)14-19/h9-14,25,27H,4,8,15H2,1-3,5-7H3. The minimum atomic E-state index is -0.844. The Hall–Kier alpha value is -2.79. The van der Waals surface area contributed by atoms with Crippen LogP contribution in [0.4, 0.5) is 0 Å². The molecule has 0 saturated heterocycles. The molecule has 2 aromatic rings. The fourth-order valence-electron chi connectivity index (χ4n) is 3.37. The molecule has 0 radical (unpaired) electrons. The zero-order valence-electron chi connectivity index (χ0n) is 18.3. The zero-order chi connectivity index (χ0) is 21.8. The van der Waals surface area contributed by atoms with Gasteiger partial charge in [0.25, 0.3) is 5.91 Å². The number of hydrogen-bond donors (Lipinski definition) is 2. The highest BCUT2D eigenvalue weighted by atomic mass is 16.5. The summed E-state index contributed by atoms with van der Waals surface area (Å²) < 4.78 is 5.47. The third-order valence-corrected chi connectivity index (χ3v) is 4.94. The third kappa shape index (κ3) is 4.98. The largest absolute Gasteiger partial charge is 0.496 e. The zero-order valence-corrected chi connectivity index (χ0v) is 18.3. The van der Waals surface area contributed by atoms with Crippen LogP contribution in [0.25, 0.3) is 5.70 Å². The summed E-state index contributed by atoms with van der Waals surface area (Å²) in [4.78, 5) is 13.4. The van der Waals surface area contributed by atoms with Crippen LogP contribution in [0.15, 0.2) is 43.0 Å². The molecule has 5 heteroatoms. The number of methoxy groups -OCH3 is 1. The van der Waals surface area contributed by atoms with Crippen LogP contribution in [0, 0.1) is 13.8 Å². The first-order valence-electron chi connectivity index (χ1n) is 9.80. The minimum absolute atomic E-state index is 0.206. The number of hydrazine groups is 1. The Bertz CT molecular complexity index is 883. The van der Waals surface area contributed by atoms with Crippen molar-refractivity contribution < 1.29 is 14.6 Å². The summed E-state index contributed by atoms with van der Waals surface area (Å²) in [6.07, 6.45) is 0.758. The monoisotopic (exact) mass is 396 g/mol. The minimum Gasteiger partial charge on any atom is -0.496 e. The third-order valence-electron chi connectivity index (χ3n) is 4.94. The molecule has 2 N–H and O–H groups in total. The smallest absolute Gasteiger partial charge is 0.272 e. The van der Waals surface area contributed by atoms with Crippen LogP contribution in [0.5, 0.6) is 5.75 Å². The SMILES string of the molecule is C=C(NN(C(=O)c1cc(C)cc(C)c1)C(C)(C)CO)c1cccc(OC)c1CC. The van der Waals surface area contributed by atoms with Gasteiger partial charge in [0.2, 0.25) is 0 Å². The second-order valence-corrected chi connectivity index (χ2v) is 7.92. The number of aryl methyl sites for hydroxylation is 2. The number of nitrogens with zero attached hydrogens (tertiary/aromatic N) is 1. The maximum absolute atomic E-state index is 13.4. The van der Waals surface area contributed by atoms with Gasteiger partial charge in [-0.2, -0.15) is 0 Å². The Kier molecular flexibility index (Phi) is 7.09. The Morgan fingerprint density at radius 3 is 2.34 bits per heavy atom. The van der Waals surface area contributed by atoms with Gasteiger partial charge in [0.15, 0.2) is 0 Å². The van der Waals surface area contributed by atoms with Crippen molar-refractivity contribution in [2.45, 2.75) is 46.6 Å². The van der Waals surface area contributed by atoms with E-state index in [0.717, 1.165) is 34.4 Å². The van der Waals surface area contributed by atoms with E-state index in [9.17, 15) is 9.90 Å². The van der Waals surface area contributed by atoms with Crippen molar-refractivity contribution >= 4 is 11.6 Å². The van der Waals surface area contributed by atoms with E-state index in [0.29, 0.717) is 11.3 Å². The second-order valence-electron chi connectivity index (χ2n) is 7.92. The van der Waals surface area contributed by atoms with E-state index in [2.05, 4.69) is 12.0 Å². The average molecular weight is 397 g/mol. The van der Waals surface area contributed by atoms with E-state index in [1.165, 1.54) is 5.01 Å². The first-order chi connectivity index (χ1) is 13.6. The summed E-state index contributed by atoms with van der Waals surface area (Å²) in [5, 5.41) is 11.4. The fraction of sp³-hybridized carbons (Fsp3) is 0.375. The van der Waals surface area contributed by atoms with Crippen LogP contribution in [0.3, 0.4) is 0 Å². The van der Waals surface area contributed by atoms with Gasteiger partial charge in [-0.1, -0.05) is 42.8 Å². The topological polar surface area (TPSA) is 61.8 Å². The molecular formula is C24H32N2O3. The Labute approximate surface area is 174 Å². The number of amides is 1. The molecular weight excluding hydrogens is 364 g/mol. The van der Waals surface area contributed by atoms with Crippen molar-refractivity contribution in [3.05, 3.63) is 70.8 Å². The summed E-state index contributed by atoms with van der Waals surface area (Å²) in [5.41, 5.74) is 7.35. The van der Waals surface area contributed by atoms with Gasteiger partial charge in [0.05, 0.1) is 25.0 Å². The highest BCUT2D eigenvalue weighted by Gasteiger charge is 2.32. The summed E-state index contributed by atoms with van der Waals surface area (Å²) in [5.74, 6) is 0.555. The molecule has 156 valence electrons. The summed E-state index contributed by atoms with van der Waals surface area (Å²) >= 11 is 0. The van der Waals surface area contributed by atoms with E-state index in [1.54, 1.807) is 21.0 Å². The highest BCUT2D eigenvalue weighted by molar-refractivity contribution is 5.95. The fourth-order valence-corrected chi connectivity index (χ4v) is 3.37. The molecule has 0 aliphatic rings. The molecule has 5 nitrogen and oxygen atoms in total. The second kappa shape index (κ2) is 9.14. The first-order valence-corrected chi connectivity index (χ1v) is 9.80. The van der Waals surface area contributed by atoms with Gasteiger partial charge in [0.1, 0.15) is 5.75 Å². The van der Waals surface area contributed by atoms with Gasteiger partial charge in [-0.25, -0.2) is 5.01 Å². The summed E-state index contributed by atoms with van der Waals surface area (Å²) in [6.45, 7) is 13.5. The molecule has 0 saturated carbocycles. The first kappa shape index (κ1) is 22.5. The van der Waals surface area contributed by atoms with E-state index in [1.807, 2.05) is 57.2 Å². The number of nitrogens with one attached hydrogen (secondary N) is 1. The van der Waals surface area contributed by atoms with Crippen LogP contribution in [0.1, 0.15) is 53.4 Å². The number of aliphatic hydroxyl groups is 1. The van der Waals surface area contributed by atoms with Gasteiger partial charge < -0.3 is 9.84 Å². The predicted molar refractivity (Wildman–Crippen MR) is 118 cm³/mol. The van der Waals surface area contributed by atoms with Crippen molar-refractivity contribution in [3.63, 3.8) is 0 Å². The van der Waals surface area contributed by atoms with Crippen LogP contribution in [-0.4, -0.2) is 35.3 Å². The number of rotatable bonds is 8. The average Bonchev–Trinajstić information content (AvgIpc) is 2.69. The molecule has 0 bridgehead atoms. The number of ether oxygens (including phenoxy) is 1. The molecule has 0 fully saturated rings. The van der Waals surface area contributed by atoms with Crippen molar-refractivity contribution in [3.8, 4) is 5.75 Å². The van der Waals surface area contributed by atoms with Gasteiger partial charge >= 0.3 is 0 Å². The lowest BCUT2D eigenvalue weighted by Gasteiger charge is -2.38. The van der Waals surface area contributed by atoms with E-state index < -0.39 is 5.54 Å². The summed E-state index contributed by atoms with van der Waals surface area (Å²) in [6, 6.07) is 11.5. The lowest BCUT2D eigenvalue weighted by atomic mass is 10.0. The number of hydrogen-bond acceptors (Lipinski definition) is 4. The maximum Gasteiger partial charge on any atom is 0.272 e. The van der Waals surface area contributed by atoms with Gasteiger partial charge in [0, 0.05) is 16.7 Å². The van der Waals surface area contributed by atoms with Crippen molar-refractivity contribution in [2.24, 2.45) is 0 Å². The molecule has 0 heterocycles. The number of carbonyl (C=O) groups is 1. The predicted octanol–water partition coefficient (Wildman–Crippen LogP) is 4.26. The molecule has 0 aromatic heterocycles. The van der Waals surface area contributed by atoms with E-state index >= 15 is 0 Å². The molecule has 2 rings (SSSR count). The lowest BCUT2D eigenvalue weighted by molar-refractivity contribution is 0.0243. The molecule has 0 aliphatic heterocycles. The lowest BCUT2D eigenvalue weighted by Crippen LogP contribution is -2.56. The number of aliphatic hydroxyl groups excluding tert-OH is 1. The van der Waals surface area contributed by atoms with Crippen molar-refractivity contribution in [2.75, 3.05) is 13.7 Å². The normalized spacial score (nSPS) is 11.1. The van der Waals surface area contributed by atoms with Gasteiger partial charge in [-0.3, -0.25) is 10.2 Å². The van der Waals surface area contributed by atoms with Crippen molar-refractivity contribution in [1.82, 2.24) is 10.4 Å². The maximum atomic E-state index is 13.4. The molecule has 1 amide bonds. The van der Waals surface area contributed by atoms with Crippen LogP contribution < -0.4 is 10.2 Å². The Morgan fingerprint density at radius 1 is 1.21 bits per heavy atom. The molecule has 0 unspecified atom stereocenters. The molecule has 29 heavy (non-hydrogen) atoms. The van der Waals surface area contributed by atoms with Gasteiger partial charge in [-0.15, -0.1) is 0 Å². The van der Waals surface area contributed by atoms with E-state index in [-0.39, 0.29) is 12.5 Å². The molecule has 0 atom stereocenters. The number of benzene rings is 2. The van der Waals surface area contributed by atoms with Gasteiger partial charge in [-0.05, 0) is 52.3 Å². The Balaban J connectivity index is 2.45. The van der Waals surface area contributed by atoms with Crippen LogP contribution in [0.2, 0.25) is 0 Å². The molecule has 2 aromatic carbocycles. The highest BCUT2D eigenvalue weighted by Crippen LogP contribution is 2.28. The number of carbonyl (C=O) groups excluding carboxylic acids is 1. The van der Waals surface area contributed by atoms with Crippen LogP contribution in [-0.2, 0) is 6.42 Å².